The van der Waals surface area contributed by atoms with E-state index in [1.165, 1.54) is 12.1 Å². The van der Waals surface area contributed by atoms with Crippen LogP contribution in [-0.2, 0) is 11.3 Å². The van der Waals surface area contributed by atoms with E-state index < -0.39 is 0 Å². The van der Waals surface area contributed by atoms with Crippen LogP contribution in [0.25, 0.3) is 17.0 Å². The average Bonchev–Trinajstić information content (AvgIpc) is 2.82. The number of rotatable bonds is 3. The number of fused-ring (bicyclic) bond motifs is 1. The molecule has 0 saturated carbocycles. The lowest BCUT2D eigenvalue weighted by molar-refractivity contribution is 0.178. The standard InChI is InChI=1S/C13H11FN4O/c1-19-8-12-16-13-15-7-6-11(18(13)17-12)9-2-4-10(14)5-3-9/h2-7H,8H2,1H3. The Balaban J connectivity index is 2.15. The van der Waals surface area contributed by atoms with Gasteiger partial charge in [0.2, 0.25) is 0 Å². The zero-order valence-corrected chi connectivity index (χ0v) is 10.2. The molecule has 1 aromatic carbocycles. The molecule has 0 N–H and O–H groups in total. The molecule has 0 aliphatic heterocycles. The van der Waals surface area contributed by atoms with Gasteiger partial charge < -0.3 is 4.74 Å². The van der Waals surface area contributed by atoms with E-state index in [0.717, 1.165) is 11.3 Å². The fourth-order valence-electron chi connectivity index (χ4n) is 1.87. The molecule has 0 radical (unpaired) electrons. The second-order valence-corrected chi connectivity index (χ2v) is 4.01. The molecular formula is C13H11FN4O. The van der Waals surface area contributed by atoms with Crippen molar-refractivity contribution in [2.45, 2.75) is 6.61 Å². The summed E-state index contributed by atoms with van der Waals surface area (Å²) < 4.78 is 19.6. The Hall–Kier alpha value is -2.34. The van der Waals surface area contributed by atoms with Gasteiger partial charge in [0.15, 0.2) is 5.82 Å². The lowest BCUT2D eigenvalue weighted by atomic mass is 10.1. The molecule has 0 aliphatic rings. The van der Waals surface area contributed by atoms with Crippen molar-refractivity contribution in [2.24, 2.45) is 0 Å². The summed E-state index contributed by atoms with van der Waals surface area (Å²) in [5.41, 5.74) is 1.66. The highest BCUT2D eigenvalue weighted by Gasteiger charge is 2.09. The minimum atomic E-state index is -0.271. The summed E-state index contributed by atoms with van der Waals surface area (Å²) in [7, 11) is 1.58. The third-order valence-electron chi connectivity index (χ3n) is 2.70. The molecule has 19 heavy (non-hydrogen) atoms. The molecule has 3 rings (SSSR count). The van der Waals surface area contributed by atoms with Crippen LogP contribution >= 0.6 is 0 Å². The Morgan fingerprint density at radius 1 is 1.21 bits per heavy atom. The smallest absolute Gasteiger partial charge is 0.253 e. The molecule has 3 aromatic rings. The number of benzene rings is 1. The summed E-state index contributed by atoms with van der Waals surface area (Å²) in [5, 5.41) is 4.33. The third-order valence-corrected chi connectivity index (χ3v) is 2.70. The predicted molar refractivity (Wildman–Crippen MR) is 66.9 cm³/mol. The van der Waals surface area contributed by atoms with Gasteiger partial charge >= 0.3 is 0 Å². The Bertz CT molecular complexity index is 708. The van der Waals surface area contributed by atoms with Crippen LogP contribution in [0.15, 0.2) is 36.5 Å². The van der Waals surface area contributed by atoms with Crippen molar-refractivity contribution in [3.63, 3.8) is 0 Å². The van der Waals surface area contributed by atoms with Gasteiger partial charge in [-0.25, -0.2) is 9.37 Å². The third kappa shape index (κ3) is 2.17. The molecule has 0 fully saturated rings. The molecule has 2 heterocycles. The highest BCUT2D eigenvalue weighted by molar-refractivity contribution is 5.61. The first-order chi connectivity index (χ1) is 9.28. The zero-order valence-electron chi connectivity index (χ0n) is 10.2. The maximum atomic E-state index is 13.0. The number of hydrogen-bond acceptors (Lipinski definition) is 4. The first-order valence-electron chi connectivity index (χ1n) is 5.73. The van der Waals surface area contributed by atoms with Crippen molar-refractivity contribution >= 4 is 5.78 Å². The fraction of sp³-hybridized carbons (Fsp3) is 0.154. The number of methoxy groups -OCH3 is 1. The monoisotopic (exact) mass is 258 g/mol. The summed E-state index contributed by atoms with van der Waals surface area (Å²) in [6, 6.07) is 8.03. The molecule has 5 nitrogen and oxygen atoms in total. The second kappa shape index (κ2) is 4.74. The first-order valence-corrected chi connectivity index (χ1v) is 5.73. The van der Waals surface area contributed by atoms with Crippen LogP contribution in [0.5, 0.6) is 0 Å². The lowest BCUT2D eigenvalue weighted by Gasteiger charge is -2.03. The fourth-order valence-corrected chi connectivity index (χ4v) is 1.87. The van der Waals surface area contributed by atoms with Crippen LogP contribution in [0.2, 0.25) is 0 Å². The van der Waals surface area contributed by atoms with Crippen molar-refractivity contribution in [1.29, 1.82) is 0 Å². The van der Waals surface area contributed by atoms with Gasteiger partial charge in [-0.3, -0.25) is 0 Å². The van der Waals surface area contributed by atoms with Crippen LogP contribution in [0.3, 0.4) is 0 Å². The molecule has 0 unspecified atom stereocenters. The van der Waals surface area contributed by atoms with E-state index in [-0.39, 0.29) is 5.82 Å². The lowest BCUT2D eigenvalue weighted by Crippen LogP contribution is -1.96. The minimum Gasteiger partial charge on any atom is -0.377 e. The van der Waals surface area contributed by atoms with Gasteiger partial charge in [-0.2, -0.15) is 9.50 Å². The Labute approximate surface area is 108 Å². The van der Waals surface area contributed by atoms with E-state index >= 15 is 0 Å². The molecule has 0 spiro atoms. The van der Waals surface area contributed by atoms with Gasteiger partial charge in [0.1, 0.15) is 12.4 Å². The molecule has 0 saturated heterocycles. The van der Waals surface area contributed by atoms with Crippen molar-refractivity contribution < 1.29 is 9.13 Å². The average molecular weight is 258 g/mol. The van der Waals surface area contributed by atoms with Gasteiger partial charge in [-0.1, -0.05) is 0 Å². The highest BCUT2D eigenvalue weighted by atomic mass is 19.1. The minimum absolute atomic E-state index is 0.271. The van der Waals surface area contributed by atoms with Gasteiger partial charge in [-0.05, 0) is 30.3 Å². The zero-order chi connectivity index (χ0) is 13.2. The van der Waals surface area contributed by atoms with Gasteiger partial charge in [0.05, 0.1) is 5.69 Å². The molecule has 0 bridgehead atoms. The van der Waals surface area contributed by atoms with E-state index in [2.05, 4.69) is 15.1 Å². The van der Waals surface area contributed by atoms with Crippen molar-refractivity contribution in [1.82, 2.24) is 19.6 Å². The number of nitrogens with zero attached hydrogens (tertiary/aromatic N) is 4. The maximum Gasteiger partial charge on any atom is 0.253 e. The van der Waals surface area contributed by atoms with E-state index in [1.807, 2.05) is 6.07 Å². The summed E-state index contributed by atoms with van der Waals surface area (Å²) in [6.45, 7) is 0.326. The van der Waals surface area contributed by atoms with Crippen molar-refractivity contribution in [3.8, 4) is 11.3 Å². The molecule has 2 aromatic heterocycles. The van der Waals surface area contributed by atoms with Crippen LogP contribution < -0.4 is 0 Å². The SMILES string of the molecule is COCc1nc2nccc(-c3ccc(F)cc3)n2n1. The largest absolute Gasteiger partial charge is 0.377 e. The molecule has 0 atom stereocenters. The second-order valence-electron chi connectivity index (χ2n) is 4.01. The number of hydrogen-bond donors (Lipinski definition) is 0. The Kier molecular flexibility index (Phi) is 2.92. The van der Waals surface area contributed by atoms with Crippen LogP contribution in [0.4, 0.5) is 4.39 Å². The summed E-state index contributed by atoms with van der Waals surface area (Å²) in [5.74, 6) is 0.783. The normalized spacial score (nSPS) is 11.1. The van der Waals surface area contributed by atoms with Crippen molar-refractivity contribution in [2.75, 3.05) is 7.11 Å². The van der Waals surface area contributed by atoms with Crippen LogP contribution in [0, 0.1) is 5.82 Å². The predicted octanol–water partition coefficient (Wildman–Crippen LogP) is 2.08. The van der Waals surface area contributed by atoms with E-state index in [4.69, 9.17) is 4.74 Å². The first kappa shape index (κ1) is 11.7. The van der Waals surface area contributed by atoms with Gasteiger partial charge in [-0.15, -0.1) is 5.10 Å². The number of halogens is 1. The van der Waals surface area contributed by atoms with Gasteiger partial charge in [0.25, 0.3) is 5.78 Å². The molecule has 0 amide bonds. The van der Waals surface area contributed by atoms with Crippen LogP contribution in [-0.4, -0.2) is 26.7 Å². The number of ether oxygens (including phenoxy) is 1. The molecular weight excluding hydrogens is 247 g/mol. The maximum absolute atomic E-state index is 13.0. The number of aromatic nitrogens is 4. The Morgan fingerprint density at radius 2 is 2.00 bits per heavy atom. The van der Waals surface area contributed by atoms with Crippen LogP contribution in [0.1, 0.15) is 5.82 Å². The summed E-state index contributed by atoms with van der Waals surface area (Å²) in [4.78, 5) is 8.40. The van der Waals surface area contributed by atoms with E-state index in [0.29, 0.717) is 18.2 Å². The molecule has 96 valence electrons. The van der Waals surface area contributed by atoms with Crippen molar-refractivity contribution in [3.05, 3.63) is 48.2 Å². The summed E-state index contributed by atoms with van der Waals surface area (Å²) in [6.07, 6.45) is 1.65. The van der Waals surface area contributed by atoms with Gasteiger partial charge in [0, 0.05) is 18.9 Å². The quantitative estimate of drug-likeness (QED) is 0.721. The highest BCUT2D eigenvalue weighted by Crippen LogP contribution is 2.19. The summed E-state index contributed by atoms with van der Waals surface area (Å²) >= 11 is 0. The van der Waals surface area contributed by atoms with E-state index in [1.54, 1.807) is 30.0 Å². The molecule has 0 aliphatic carbocycles. The van der Waals surface area contributed by atoms with E-state index in [9.17, 15) is 4.39 Å². The Morgan fingerprint density at radius 3 is 2.74 bits per heavy atom. The molecule has 6 heteroatoms. The topological polar surface area (TPSA) is 52.3 Å².